The number of hydrogen-bond acceptors (Lipinski definition) is 6. The highest BCUT2D eigenvalue weighted by atomic mass is 32.1. The Balaban J connectivity index is 1.54. The summed E-state index contributed by atoms with van der Waals surface area (Å²) in [7, 11) is 1.66. The number of para-hydroxylation sites is 1. The molecule has 7 nitrogen and oxygen atoms in total. The van der Waals surface area contributed by atoms with E-state index in [-0.39, 0.29) is 5.92 Å². The zero-order chi connectivity index (χ0) is 27.8. The van der Waals surface area contributed by atoms with Gasteiger partial charge in [0.25, 0.3) is 5.91 Å². The Morgan fingerprint density at radius 2 is 1.59 bits per heavy atom. The van der Waals surface area contributed by atoms with Crippen molar-refractivity contribution in [2.45, 2.75) is 39.4 Å². The van der Waals surface area contributed by atoms with Crippen LogP contribution in [0, 0.1) is 5.92 Å². The summed E-state index contributed by atoms with van der Waals surface area (Å²) in [6.07, 6.45) is 0.373. The third-order valence-corrected chi connectivity index (χ3v) is 7.16. The first-order valence-electron chi connectivity index (χ1n) is 12.8. The van der Waals surface area contributed by atoms with Crippen molar-refractivity contribution < 1.29 is 19.4 Å². The van der Waals surface area contributed by atoms with E-state index in [1.165, 1.54) is 0 Å². The third kappa shape index (κ3) is 7.45. The molecule has 3 aromatic carbocycles. The molecule has 0 aliphatic heterocycles. The van der Waals surface area contributed by atoms with Crippen molar-refractivity contribution in [1.82, 2.24) is 10.3 Å². The maximum absolute atomic E-state index is 12.7. The number of ether oxygens (including phenoxy) is 1. The van der Waals surface area contributed by atoms with Crippen molar-refractivity contribution in [1.29, 1.82) is 0 Å². The van der Waals surface area contributed by atoms with E-state index in [0.717, 1.165) is 33.3 Å². The normalized spacial score (nSPS) is 11.7. The number of rotatable bonds is 12. The van der Waals surface area contributed by atoms with Gasteiger partial charge >= 0.3 is 5.97 Å². The van der Waals surface area contributed by atoms with E-state index in [0.29, 0.717) is 25.1 Å². The van der Waals surface area contributed by atoms with Gasteiger partial charge in [-0.3, -0.25) is 4.79 Å². The number of nitrogens with zero attached hydrogens (tertiary/aromatic N) is 2. The molecule has 39 heavy (non-hydrogen) atoms. The van der Waals surface area contributed by atoms with Crippen LogP contribution in [0.2, 0.25) is 0 Å². The molecule has 0 aliphatic carbocycles. The monoisotopic (exact) mass is 543 g/mol. The molecule has 1 heterocycles. The molecule has 0 radical (unpaired) electrons. The fourth-order valence-corrected chi connectivity index (χ4v) is 5.13. The molecular formula is C31H33N3O4S. The summed E-state index contributed by atoms with van der Waals surface area (Å²) in [6, 6.07) is 24.4. The molecule has 0 bridgehead atoms. The second-order valence-corrected chi connectivity index (χ2v) is 10.6. The lowest BCUT2D eigenvalue weighted by atomic mass is 10.0. The van der Waals surface area contributed by atoms with Gasteiger partial charge in [0.05, 0.1) is 12.8 Å². The fourth-order valence-electron chi connectivity index (χ4n) is 4.30. The van der Waals surface area contributed by atoms with Gasteiger partial charge in [0.1, 0.15) is 11.8 Å². The number of carboxylic acids is 1. The van der Waals surface area contributed by atoms with Crippen molar-refractivity contribution in [2.75, 3.05) is 12.0 Å². The molecule has 2 N–H and O–H groups in total. The first-order chi connectivity index (χ1) is 18.8. The van der Waals surface area contributed by atoms with Crippen molar-refractivity contribution in [3.8, 4) is 17.0 Å². The molecule has 0 saturated heterocycles. The van der Waals surface area contributed by atoms with E-state index in [1.54, 1.807) is 30.6 Å². The molecular weight excluding hydrogens is 510 g/mol. The van der Waals surface area contributed by atoms with Crippen LogP contribution >= 0.6 is 11.3 Å². The number of nitrogens with one attached hydrogen (secondary N) is 1. The van der Waals surface area contributed by atoms with E-state index in [1.807, 2.05) is 73.8 Å². The summed E-state index contributed by atoms with van der Waals surface area (Å²) in [5.41, 5.74) is 4.39. The smallest absolute Gasteiger partial charge is 0.326 e. The summed E-state index contributed by atoms with van der Waals surface area (Å²) in [5.74, 6) is -0.492. The van der Waals surface area contributed by atoms with Crippen molar-refractivity contribution in [3.63, 3.8) is 0 Å². The Hall–Kier alpha value is -4.17. The second-order valence-electron chi connectivity index (χ2n) is 9.75. The zero-order valence-corrected chi connectivity index (χ0v) is 23.2. The number of carbonyl (C=O) groups excluding carboxylic acids is 1. The predicted octanol–water partition coefficient (Wildman–Crippen LogP) is 6.25. The summed E-state index contributed by atoms with van der Waals surface area (Å²) in [4.78, 5) is 31.4. The number of aliphatic carboxylic acids is 1. The molecule has 202 valence electrons. The number of anilines is 1. The lowest BCUT2D eigenvalue weighted by Gasteiger charge is -2.22. The standard InChI is InChI=1S/C31H33N3O4S/c1-21(2)17-26(30(36)37)32-29(35)24-15-13-23(14-16-24)19-34(18-22-9-5-4-6-10-22)31-33-27(20-39-31)25-11-7-8-12-28(25)38-3/h4-16,20-21,26H,17-19H2,1-3H3,(H,32,35)(H,36,37). The number of hydrogen-bond donors (Lipinski definition) is 2. The number of carbonyl (C=O) groups is 2. The molecule has 0 spiro atoms. The van der Waals surface area contributed by atoms with Crippen LogP contribution in [0.4, 0.5) is 5.13 Å². The Bertz CT molecular complexity index is 1390. The van der Waals surface area contributed by atoms with Crippen molar-refractivity contribution >= 4 is 28.3 Å². The molecule has 1 amide bonds. The Morgan fingerprint density at radius 3 is 2.23 bits per heavy atom. The lowest BCUT2D eigenvalue weighted by molar-refractivity contribution is -0.139. The highest BCUT2D eigenvalue weighted by molar-refractivity contribution is 7.14. The quantitative estimate of drug-likeness (QED) is 0.219. The number of amides is 1. The van der Waals surface area contributed by atoms with Gasteiger partial charge in [-0.1, -0.05) is 68.4 Å². The maximum Gasteiger partial charge on any atom is 0.326 e. The largest absolute Gasteiger partial charge is 0.496 e. The molecule has 0 fully saturated rings. The van der Waals surface area contributed by atoms with E-state index in [4.69, 9.17) is 9.72 Å². The van der Waals surface area contributed by atoms with Gasteiger partial charge in [-0.25, -0.2) is 9.78 Å². The van der Waals surface area contributed by atoms with Gasteiger partial charge in [0.2, 0.25) is 0 Å². The molecule has 0 aliphatic rings. The SMILES string of the molecule is COc1ccccc1-c1csc(N(Cc2ccccc2)Cc2ccc(C(=O)NC(CC(C)C)C(=O)O)cc2)n1. The van der Waals surface area contributed by atoms with Crippen LogP contribution in [0.5, 0.6) is 5.75 Å². The summed E-state index contributed by atoms with van der Waals surface area (Å²) in [6.45, 7) is 5.11. The lowest BCUT2D eigenvalue weighted by Crippen LogP contribution is -2.41. The van der Waals surface area contributed by atoms with Gasteiger partial charge in [0.15, 0.2) is 5.13 Å². The van der Waals surface area contributed by atoms with E-state index in [9.17, 15) is 14.7 Å². The molecule has 4 rings (SSSR count). The average Bonchev–Trinajstić information content (AvgIpc) is 3.43. The zero-order valence-electron chi connectivity index (χ0n) is 22.3. The third-order valence-electron chi connectivity index (χ3n) is 6.26. The van der Waals surface area contributed by atoms with E-state index >= 15 is 0 Å². The van der Waals surface area contributed by atoms with Crippen LogP contribution in [0.25, 0.3) is 11.3 Å². The van der Waals surface area contributed by atoms with Crippen molar-refractivity contribution in [2.24, 2.45) is 5.92 Å². The van der Waals surface area contributed by atoms with Crippen LogP contribution in [0.3, 0.4) is 0 Å². The average molecular weight is 544 g/mol. The second kappa shape index (κ2) is 13.1. The minimum Gasteiger partial charge on any atom is -0.496 e. The first kappa shape index (κ1) is 27.9. The van der Waals surface area contributed by atoms with Crippen LogP contribution in [0.1, 0.15) is 41.8 Å². The van der Waals surface area contributed by atoms with Gasteiger partial charge < -0.3 is 20.1 Å². The minimum atomic E-state index is -1.03. The van der Waals surface area contributed by atoms with Gasteiger partial charge in [-0.2, -0.15) is 0 Å². The Kier molecular flexibility index (Phi) is 9.33. The van der Waals surface area contributed by atoms with Gasteiger partial charge in [-0.05, 0) is 47.7 Å². The topological polar surface area (TPSA) is 91.8 Å². The Morgan fingerprint density at radius 1 is 0.949 bits per heavy atom. The highest BCUT2D eigenvalue weighted by Gasteiger charge is 2.22. The fraction of sp³-hybridized carbons (Fsp3) is 0.258. The summed E-state index contributed by atoms with van der Waals surface area (Å²) in [5, 5.41) is 15.0. The van der Waals surface area contributed by atoms with Gasteiger partial charge in [-0.15, -0.1) is 11.3 Å². The van der Waals surface area contributed by atoms with Crippen LogP contribution in [-0.4, -0.2) is 35.1 Å². The molecule has 0 saturated carbocycles. The first-order valence-corrected chi connectivity index (χ1v) is 13.7. The summed E-state index contributed by atoms with van der Waals surface area (Å²) >= 11 is 1.57. The van der Waals surface area contributed by atoms with Crippen LogP contribution in [-0.2, 0) is 17.9 Å². The minimum absolute atomic E-state index is 0.152. The molecule has 1 unspecified atom stereocenters. The van der Waals surface area contributed by atoms with Crippen molar-refractivity contribution in [3.05, 3.63) is 101 Å². The number of aromatic nitrogens is 1. The predicted molar refractivity (Wildman–Crippen MR) is 155 cm³/mol. The van der Waals surface area contributed by atoms with Crippen LogP contribution < -0.4 is 15.0 Å². The number of carboxylic acid groups (broad SMARTS) is 1. The number of benzene rings is 3. The van der Waals surface area contributed by atoms with Gasteiger partial charge in [0, 0.05) is 29.6 Å². The van der Waals surface area contributed by atoms with E-state index in [2.05, 4.69) is 22.3 Å². The highest BCUT2D eigenvalue weighted by Crippen LogP contribution is 2.34. The maximum atomic E-state index is 12.7. The summed E-state index contributed by atoms with van der Waals surface area (Å²) < 4.78 is 5.53. The molecule has 1 aromatic heterocycles. The molecule has 1 atom stereocenters. The molecule has 8 heteroatoms. The number of methoxy groups -OCH3 is 1. The van der Waals surface area contributed by atoms with E-state index < -0.39 is 17.9 Å². The molecule has 4 aromatic rings. The number of thiazole rings is 1. The van der Waals surface area contributed by atoms with Crippen LogP contribution in [0.15, 0.2) is 84.2 Å². The Labute approximate surface area is 233 Å².